The van der Waals surface area contributed by atoms with Crippen molar-refractivity contribution in [3.05, 3.63) is 58.6 Å². The number of carbonyl (C=O) groups excluding carboxylic acids is 1. The van der Waals surface area contributed by atoms with E-state index in [4.69, 9.17) is 16.3 Å². The van der Waals surface area contributed by atoms with Gasteiger partial charge in [-0.3, -0.25) is 9.69 Å². The minimum absolute atomic E-state index is 0.0596. The first-order valence-corrected chi connectivity index (χ1v) is 10.7. The molecule has 1 saturated heterocycles. The highest BCUT2D eigenvalue weighted by atomic mass is 35.5. The number of nitrogens with one attached hydrogen (secondary N) is 1. The van der Waals surface area contributed by atoms with Gasteiger partial charge in [0.25, 0.3) is 5.91 Å². The summed E-state index contributed by atoms with van der Waals surface area (Å²) >= 11 is 7.58. The summed E-state index contributed by atoms with van der Waals surface area (Å²) in [5.41, 5.74) is 1.86. The Morgan fingerprint density at radius 1 is 1.22 bits per heavy atom. The minimum atomic E-state index is -0.0596. The summed E-state index contributed by atoms with van der Waals surface area (Å²) in [6.07, 6.45) is 3.90. The van der Waals surface area contributed by atoms with Gasteiger partial charge in [-0.15, -0.1) is 11.8 Å². The second-order valence-corrected chi connectivity index (χ2v) is 8.03. The number of methoxy groups -OCH3 is 1. The second kappa shape index (κ2) is 9.49. The standard InChI is InChI=1S/C21H25ClN2O2S/c1-26-20-13-18(27-2)7-8-19(20)21(25)23-17-9-11-24(12-10-17)14-15-3-5-16(22)6-4-15/h3-8,13,17H,9-12,14H2,1-2H3,(H,23,25). The highest BCUT2D eigenvalue weighted by Crippen LogP contribution is 2.26. The molecule has 0 bridgehead atoms. The molecule has 27 heavy (non-hydrogen) atoms. The molecule has 0 aliphatic carbocycles. The number of ether oxygens (including phenoxy) is 1. The smallest absolute Gasteiger partial charge is 0.255 e. The molecule has 4 nitrogen and oxygen atoms in total. The van der Waals surface area contributed by atoms with Crippen LogP contribution >= 0.6 is 23.4 Å². The number of hydrogen-bond donors (Lipinski definition) is 1. The summed E-state index contributed by atoms with van der Waals surface area (Å²) in [5, 5.41) is 3.93. The highest BCUT2D eigenvalue weighted by molar-refractivity contribution is 7.98. The molecule has 3 rings (SSSR count). The van der Waals surface area contributed by atoms with Crippen LogP contribution in [0.3, 0.4) is 0 Å². The number of benzene rings is 2. The largest absolute Gasteiger partial charge is 0.496 e. The minimum Gasteiger partial charge on any atom is -0.496 e. The number of hydrogen-bond acceptors (Lipinski definition) is 4. The number of nitrogens with zero attached hydrogens (tertiary/aromatic N) is 1. The van der Waals surface area contributed by atoms with E-state index in [1.165, 1.54) is 5.56 Å². The number of likely N-dealkylation sites (tertiary alicyclic amines) is 1. The van der Waals surface area contributed by atoms with Crippen molar-refractivity contribution in [2.75, 3.05) is 26.5 Å². The van der Waals surface area contributed by atoms with Crippen LogP contribution < -0.4 is 10.1 Å². The maximum absolute atomic E-state index is 12.7. The molecule has 144 valence electrons. The van der Waals surface area contributed by atoms with Crippen LogP contribution in [0.4, 0.5) is 0 Å². The van der Waals surface area contributed by atoms with Gasteiger partial charge in [-0.25, -0.2) is 0 Å². The average Bonchev–Trinajstić information content (AvgIpc) is 2.70. The first kappa shape index (κ1) is 20.1. The normalized spacial score (nSPS) is 15.5. The zero-order chi connectivity index (χ0) is 19.2. The van der Waals surface area contributed by atoms with E-state index in [-0.39, 0.29) is 11.9 Å². The first-order chi connectivity index (χ1) is 13.1. The Bertz CT molecular complexity index is 774. The van der Waals surface area contributed by atoms with Crippen LogP contribution in [0, 0.1) is 0 Å². The van der Waals surface area contributed by atoms with Crippen LogP contribution in [0.25, 0.3) is 0 Å². The summed E-state index contributed by atoms with van der Waals surface area (Å²) in [4.78, 5) is 16.2. The molecular weight excluding hydrogens is 380 g/mol. The van der Waals surface area contributed by atoms with Gasteiger partial charge in [0.15, 0.2) is 0 Å². The number of thioether (sulfide) groups is 1. The summed E-state index contributed by atoms with van der Waals surface area (Å²) in [6.45, 7) is 2.86. The Kier molecular flexibility index (Phi) is 7.05. The van der Waals surface area contributed by atoms with Crippen LogP contribution in [0.2, 0.25) is 5.02 Å². The van der Waals surface area contributed by atoms with E-state index < -0.39 is 0 Å². The molecule has 0 saturated carbocycles. The van der Waals surface area contributed by atoms with E-state index in [1.54, 1.807) is 18.9 Å². The van der Waals surface area contributed by atoms with E-state index in [2.05, 4.69) is 22.3 Å². The van der Waals surface area contributed by atoms with Crippen LogP contribution in [0.15, 0.2) is 47.4 Å². The van der Waals surface area contributed by atoms with Gasteiger partial charge < -0.3 is 10.1 Å². The zero-order valence-electron chi connectivity index (χ0n) is 15.7. The SMILES string of the molecule is COc1cc(SC)ccc1C(=O)NC1CCN(Cc2ccc(Cl)cc2)CC1. The fraction of sp³-hybridized carbons (Fsp3) is 0.381. The molecule has 0 atom stereocenters. The number of carbonyl (C=O) groups is 1. The molecule has 0 radical (unpaired) electrons. The van der Waals surface area contributed by atoms with Gasteiger partial charge in [0.2, 0.25) is 0 Å². The lowest BCUT2D eigenvalue weighted by Crippen LogP contribution is -2.44. The molecule has 0 spiro atoms. The topological polar surface area (TPSA) is 41.6 Å². The molecule has 2 aromatic rings. The summed E-state index contributed by atoms with van der Waals surface area (Å²) < 4.78 is 5.40. The molecule has 1 N–H and O–H groups in total. The lowest BCUT2D eigenvalue weighted by atomic mass is 10.0. The number of amides is 1. The quantitative estimate of drug-likeness (QED) is 0.721. The van der Waals surface area contributed by atoms with E-state index in [9.17, 15) is 4.79 Å². The molecule has 0 unspecified atom stereocenters. The fourth-order valence-electron chi connectivity index (χ4n) is 3.33. The van der Waals surface area contributed by atoms with Gasteiger partial charge in [0.05, 0.1) is 12.7 Å². The maximum atomic E-state index is 12.7. The van der Waals surface area contributed by atoms with Gasteiger partial charge in [-0.05, 0) is 55.0 Å². The lowest BCUT2D eigenvalue weighted by molar-refractivity contribution is 0.0906. The third-order valence-electron chi connectivity index (χ3n) is 4.90. The molecule has 1 heterocycles. The van der Waals surface area contributed by atoms with Gasteiger partial charge in [-0.1, -0.05) is 23.7 Å². The molecule has 6 heteroatoms. The molecule has 2 aromatic carbocycles. The third kappa shape index (κ3) is 5.41. The van der Waals surface area contributed by atoms with Crippen molar-refractivity contribution in [2.45, 2.75) is 30.3 Å². The van der Waals surface area contributed by atoms with Crippen LogP contribution in [0.1, 0.15) is 28.8 Å². The Labute approximate surface area is 170 Å². The Hall–Kier alpha value is -1.69. The fourth-order valence-corrected chi connectivity index (χ4v) is 3.89. The number of halogens is 1. The second-order valence-electron chi connectivity index (χ2n) is 6.72. The Balaban J connectivity index is 1.53. The average molecular weight is 405 g/mol. The number of rotatable bonds is 6. The first-order valence-electron chi connectivity index (χ1n) is 9.08. The predicted octanol–water partition coefficient (Wildman–Crippen LogP) is 4.46. The predicted molar refractivity (Wildman–Crippen MR) is 112 cm³/mol. The lowest BCUT2D eigenvalue weighted by Gasteiger charge is -2.32. The Morgan fingerprint density at radius 3 is 2.56 bits per heavy atom. The molecular formula is C21H25ClN2O2S. The van der Waals surface area contributed by atoms with Gasteiger partial charge in [-0.2, -0.15) is 0 Å². The molecule has 1 aliphatic heterocycles. The summed E-state index contributed by atoms with van der Waals surface area (Å²) in [6, 6.07) is 13.9. The van der Waals surface area contributed by atoms with Gasteiger partial charge in [0, 0.05) is 35.6 Å². The van der Waals surface area contributed by atoms with Gasteiger partial charge in [0.1, 0.15) is 5.75 Å². The molecule has 0 aromatic heterocycles. The van der Waals surface area contributed by atoms with Gasteiger partial charge >= 0.3 is 0 Å². The Morgan fingerprint density at radius 2 is 1.93 bits per heavy atom. The molecule has 1 aliphatic rings. The zero-order valence-corrected chi connectivity index (χ0v) is 17.3. The van der Waals surface area contributed by atoms with Crippen molar-refractivity contribution in [1.29, 1.82) is 0 Å². The van der Waals surface area contributed by atoms with E-state index in [0.29, 0.717) is 11.3 Å². The summed E-state index contributed by atoms with van der Waals surface area (Å²) in [7, 11) is 1.60. The van der Waals surface area contributed by atoms with Crippen LogP contribution in [-0.4, -0.2) is 43.3 Å². The van der Waals surface area contributed by atoms with Crippen molar-refractivity contribution in [3.63, 3.8) is 0 Å². The van der Waals surface area contributed by atoms with E-state index in [1.807, 2.05) is 36.6 Å². The maximum Gasteiger partial charge on any atom is 0.255 e. The highest BCUT2D eigenvalue weighted by Gasteiger charge is 2.22. The van der Waals surface area contributed by atoms with Crippen LogP contribution in [-0.2, 0) is 6.54 Å². The van der Waals surface area contributed by atoms with Crippen molar-refractivity contribution in [3.8, 4) is 5.75 Å². The van der Waals surface area contributed by atoms with Crippen molar-refractivity contribution < 1.29 is 9.53 Å². The van der Waals surface area contributed by atoms with Crippen LogP contribution in [0.5, 0.6) is 5.75 Å². The molecule has 1 amide bonds. The molecule has 1 fully saturated rings. The third-order valence-corrected chi connectivity index (χ3v) is 5.87. The van der Waals surface area contributed by atoms with Crippen molar-refractivity contribution in [1.82, 2.24) is 10.2 Å². The monoisotopic (exact) mass is 404 g/mol. The number of piperidine rings is 1. The van der Waals surface area contributed by atoms with E-state index in [0.717, 1.165) is 42.4 Å². The van der Waals surface area contributed by atoms with E-state index >= 15 is 0 Å². The van der Waals surface area contributed by atoms with Crippen molar-refractivity contribution >= 4 is 29.3 Å². The summed E-state index contributed by atoms with van der Waals surface area (Å²) in [5.74, 6) is 0.565. The van der Waals surface area contributed by atoms with Crippen molar-refractivity contribution in [2.24, 2.45) is 0 Å².